The molecule has 4 aliphatic rings. The third-order valence-electron chi connectivity index (χ3n) is 7.91. The van der Waals surface area contributed by atoms with Crippen LogP contribution in [-0.2, 0) is 4.79 Å². The van der Waals surface area contributed by atoms with Gasteiger partial charge in [-0.1, -0.05) is 19.4 Å². The highest BCUT2D eigenvalue weighted by Gasteiger charge is 2.58. The smallest absolute Gasteiger partial charge is 0.155 e. The summed E-state index contributed by atoms with van der Waals surface area (Å²) in [6, 6.07) is 0. The van der Waals surface area contributed by atoms with Gasteiger partial charge in [0, 0.05) is 6.42 Å². The Morgan fingerprint density at radius 1 is 1.05 bits per heavy atom. The molecule has 0 radical (unpaired) electrons. The molecule has 3 saturated carbocycles. The third kappa shape index (κ3) is 1.78. The minimum Gasteiger partial charge on any atom is -0.393 e. The summed E-state index contributed by atoms with van der Waals surface area (Å²) in [6.07, 6.45) is 10.7. The van der Waals surface area contributed by atoms with E-state index in [0.717, 1.165) is 37.5 Å². The number of ketones is 1. The number of allylic oxidation sites excluding steroid dienone is 1. The molecule has 0 unspecified atom stereocenters. The Balaban J connectivity index is 1.69. The lowest BCUT2D eigenvalue weighted by Gasteiger charge is -2.57. The number of carbonyl (C=O) groups is 1. The van der Waals surface area contributed by atoms with Crippen LogP contribution in [0.4, 0.5) is 0 Å². The fourth-order valence-corrected chi connectivity index (χ4v) is 6.53. The first-order valence-corrected chi connectivity index (χ1v) is 8.87. The number of carbonyl (C=O) groups excluding carboxylic acids is 1. The van der Waals surface area contributed by atoms with Gasteiger partial charge >= 0.3 is 0 Å². The van der Waals surface area contributed by atoms with E-state index in [1.807, 2.05) is 6.08 Å². The maximum absolute atomic E-state index is 11.8. The SMILES string of the molecule is C[C@]12CC[C@@H]3[C@@H](CCC4=CC(=O)CC[C@@]43C)[C@@H]1CC[C@@H]2O. The molecule has 21 heavy (non-hydrogen) atoms. The van der Waals surface area contributed by atoms with Gasteiger partial charge in [0.15, 0.2) is 5.78 Å². The highest BCUT2D eigenvalue weighted by molar-refractivity contribution is 5.91. The second kappa shape index (κ2) is 4.44. The molecule has 1 N–H and O–H groups in total. The molecule has 4 aliphatic carbocycles. The Bertz CT molecular complexity index is 508. The Morgan fingerprint density at radius 2 is 1.86 bits per heavy atom. The van der Waals surface area contributed by atoms with E-state index >= 15 is 0 Å². The largest absolute Gasteiger partial charge is 0.393 e. The fourth-order valence-electron chi connectivity index (χ4n) is 6.53. The zero-order valence-electron chi connectivity index (χ0n) is 13.4. The van der Waals surface area contributed by atoms with Gasteiger partial charge < -0.3 is 5.11 Å². The normalized spacial score (nSPS) is 52.7. The van der Waals surface area contributed by atoms with E-state index in [9.17, 15) is 9.90 Å². The highest BCUT2D eigenvalue weighted by Crippen LogP contribution is 2.65. The summed E-state index contributed by atoms with van der Waals surface area (Å²) in [5.74, 6) is 2.57. The number of aliphatic hydroxyl groups is 1. The van der Waals surface area contributed by atoms with Crippen LogP contribution < -0.4 is 0 Å². The van der Waals surface area contributed by atoms with Gasteiger partial charge in [0.25, 0.3) is 0 Å². The van der Waals surface area contributed by atoms with E-state index in [0.29, 0.717) is 11.7 Å². The first kappa shape index (κ1) is 14.0. The van der Waals surface area contributed by atoms with Crippen molar-refractivity contribution < 1.29 is 9.90 Å². The monoisotopic (exact) mass is 288 g/mol. The van der Waals surface area contributed by atoms with Crippen molar-refractivity contribution in [2.45, 2.75) is 71.3 Å². The van der Waals surface area contributed by atoms with E-state index < -0.39 is 0 Å². The molecule has 0 aromatic carbocycles. The van der Waals surface area contributed by atoms with Crippen LogP contribution in [0.1, 0.15) is 65.2 Å². The van der Waals surface area contributed by atoms with Gasteiger partial charge in [-0.3, -0.25) is 4.79 Å². The summed E-state index contributed by atoms with van der Waals surface area (Å²) in [5, 5.41) is 10.4. The zero-order valence-corrected chi connectivity index (χ0v) is 13.4. The molecule has 0 spiro atoms. The van der Waals surface area contributed by atoms with Crippen LogP contribution in [0.15, 0.2) is 11.6 Å². The van der Waals surface area contributed by atoms with Crippen LogP contribution in [0, 0.1) is 28.6 Å². The van der Waals surface area contributed by atoms with Gasteiger partial charge in [0.05, 0.1) is 6.10 Å². The summed E-state index contributed by atoms with van der Waals surface area (Å²) in [6.45, 7) is 4.76. The molecule has 0 saturated heterocycles. The number of fused-ring (bicyclic) bond motifs is 5. The first-order valence-electron chi connectivity index (χ1n) is 8.87. The average Bonchev–Trinajstić information content (AvgIpc) is 2.76. The zero-order chi connectivity index (χ0) is 14.8. The molecule has 0 heterocycles. The molecule has 0 aliphatic heterocycles. The van der Waals surface area contributed by atoms with Gasteiger partial charge in [0.1, 0.15) is 0 Å². The number of aliphatic hydroxyl groups excluding tert-OH is 1. The van der Waals surface area contributed by atoms with Crippen molar-refractivity contribution in [1.82, 2.24) is 0 Å². The van der Waals surface area contributed by atoms with Crippen LogP contribution in [-0.4, -0.2) is 17.0 Å². The van der Waals surface area contributed by atoms with Crippen molar-refractivity contribution in [2.75, 3.05) is 0 Å². The van der Waals surface area contributed by atoms with Crippen LogP contribution >= 0.6 is 0 Å². The number of rotatable bonds is 0. The van der Waals surface area contributed by atoms with Gasteiger partial charge in [-0.25, -0.2) is 0 Å². The fraction of sp³-hybridized carbons (Fsp3) is 0.842. The molecule has 0 aromatic rings. The Labute approximate surface area is 128 Å². The van der Waals surface area contributed by atoms with Crippen molar-refractivity contribution in [2.24, 2.45) is 28.6 Å². The van der Waals surface area contributed by atoms with E-state index in [2.05, 4.69) is 13.8 Å². The summed E-state index contributed by atoms with van der Waals surface area (Å²) < 4.78 is 0. The summed E-state index contributed by atoms with van der Waals surface area (Å²) in [5.41, 5.74) is 1.89. The third-order valence-corrected chi connectivity index (χ3v) is 7.91. The summed E-state index contributed by atoms with van der Waals surface area (Å²) in [4.78, 5) is 11.8. The molecular weight excluding hydrogens is 260 g/mol. The van der Waals surface area contributed by atoms with Crippen molar-refractivity contribution in [3.05, 3.63) is 11.6 Å². The standard InChI is InChI=1S/C19H28O2/c1-18-9-7-13(20)11-12(18)3-4-14-15-5-6-17(21)19(15,2)10-8-16(14)18/h11,14-17,21H,3-10H2,1-2H3/t14-,15-,16+,17-,18-,19-/m0/s1. The van der Waals surface area contributed by atoms with Gasteiger partial charge in [-0.05, 0) is 79.6 Å². The van der Waals surface area contributed by atoms with Gasteiger partial charge in [0.2, 0.25) is 0 Å². The van der Waals surface area contributed by atoms with Crippen molar-refractivity contribution >= 4 is 5.78 Å². The van der Waals surface area contributed by atoms with Crippen LogP contribution in [0.3, 0.4) is 0 Å². The van der Waals surface area contributed by atoms with Crippen LogP contribution in [0.2, 0.25) is 0 Å². The highest BCUT2D eigenvalue weighted by atomic mass is 16.3. The first-order chi connectivity index (χ1) is 9.95. The minimum atomic E-state index is -0.0823. The molecule has 6 atom stereocenters. The molecule has 116 valence electrons. The molecular formula is C19H28O2. The number of hydrogen-bond acceptors (Lipinski definition) is 2. The minimum absolute atomic E-state index is 0.0823. The van der Waals surface area contributed by atoms with E-state index in [-0.39, 0.29) is 16.9 Å². The second-order valence-electron chi connectivity index (χ2n) is 8.61. The van der Waals surface area contributed by atoms with Gasteiger partial charge in [-0.15, -0.1) is 0 Å². The lowest BCUT2D eigenvalue weighted by Crippen LogP contribution is -2.51. The summed E-state index contributed by atoms with van der Waals surface area (Å²) >= 11 is 0. The molecule has 0 bridgehead atoms. The number of hydrogen-bond donors (Lipinski definition) is 1. The van der Waals surface area contributed by atoms with Crippen LogP contribution in [0.25, 0.3) is 0 Å². The maximum Gasteiger partial charge on any atom is 0.155 e. The quantitative estimate of drug-likeness (QED) is 0.734. The molecule has 4 rings (SSSR count). The second-order valence-corrected chi connectivity index (χ2v) is 8.61. The van der Waals surface area contributed by atoms with Crippen molar-refractivity contribution in [3.63, 3.8) is 0 Å². The van der Waals surface area contributed by atoms with E-state index in [1.54, 1.807) is 0 Å². The lowest BCUT2D eigenvalue weighted by molar-refractivity contribution is -0.118. The predicted octanol–water partition coefficient (Wildman–Crippen LogP) is 3.88. The summed E-state index contributed by atoms with van der Waals surface area (Å²) in [7, 11) is 0. The van der Waals surface area contributed by atoms with Gasteiger partial charge in [-0.2, -0.15) is 0 Å². The molecule has 3 fully saturated rings. The Hall–Kier alpha value is -0.630. The van der Waals surface area contributed by atoms with Crippen LogP contribution in [0.5, 0.6) is 0 Å². The topological polar surface area (TPSA) is 37.3 Å². The van der Waals surface area contributed by atoms with E-state index in [1.165, 1.54) is 31.3 Å². The maximum atomic E-state index is 11.8. The average molecular weight is 288 g/mol. The Kier molecular flexibility index (Phi) is 2.96. The molecule has 0 aromatic heterocycles. The molecule has 2 nitrogen and oxygen atoms in total. The molecule has 2 heteroatoms. The lowest BCUT2D eigenvalue weighted by atomic mass is 9.47. The van der Waals surface area contributed by atoms with Crippen molar-refractivity contribution in [1.29, 1.82) is 0 Å². The van der Waals surface area contributed by atoms with E-state index in [4.69, 9.17) is 0 Å². The Morgan fingerprint density at radius 3 is 2.67 bits per heavy atom. The van der Waals surface area contributed by atoms with Crippen molar-refractivity contribution in [3.8, 4) is 0 Å². The predicted molar refractivity (Wildman–Crippen MR) is 82.7 cm³/mol. The molecule has 0 amide bonds.